The molecule has 0 bridgehead atoms. The Kier molecular flexibility index (Phi) is 3.13. The van der Waals surface area contributed by atoms with E-state index in [1.165, 1.54) is 38.5 Å². The van der Waals surface area contributed by atoms with Gasteiger partial charge in [-0.15, -0.1) is 0 Å². The van der Waals surface area contributed by atoms with Gasteiger partial charge >= 0.3 is 0 Å². The first kappa shape index (κ1) is 10.4. The number of nitrogens with one attached hydrogen (secondary N) is 1. The van der Waals surface area contributed by atoms with Crippen molar-refractivity contribution in [2.75, 3.05) is 13.1 Å². The molecule has 2 rings (SSSR count). The smallest absolute Gasteiger partial charge is 0.0646 e. The molecule has 1 unspecified atom stereocenters. The van der Waals surface area contributed by atoms with Gasteiger partial charge in [-0.25, -0.2) is 0 Å². The molecule has 0 spiro atoms. The van der Waals surface area contributed by atoms with Crippen LogP contribution >= 0.6 is 0 Å². The largest absolute Gasteiger partial charge is 0.392 e. The summed E-state index contributed by atoms with van der Waals surface area (Å²) in [5.74, 6) is 0.526. The molecule has 14 heavy (non-hydrogen) atoms. The lowest BCUT2D eigenvalue weighted by Crippen LogP contribution is -2.53. The number of aliphatic hydroxyl groups is 1. The van der Waals surface area contributed by atoms with Gasteiger partial charge in [0.05, 0.1) is 6.10 Å². The molecule has 0 aromatic rings. The molecule has 82 valence electrons. The van der Waals surface area contributed by atoms with Crippen molar-refractivity contribution < 1.29 is 5.11 Å². The number of rotatable bonds is 2. The van der Waals surface area contributed by atoms with Crippen LogP contribution in [0, 0.1) is 11.3 Å². The molecule has 1 heterocycles. The number of hydrogen-bond acceptors (Lipinski definition) is 2. The van der Waals surface area contributed by atoms with Gasteiger partial charge in [-0.05, 0) is 18.3 Å². The van der Waals surface area contributed by atoms with Gasteiger partial charge in [0.1, 0.15) is 0 Å². The maximum absolute atomic E-state index is 10.3. The Morgan fingerprint density at radius 1 is 1.14 bits per heavy atom. The summed E-state index contributed by atoms with van der Waals surface area (Å²) >= 11 is 0. The van der Waals surface area contributed by atoms with E-state index < -0.39 is 0 Å². The molecule has 2 aliphatic rings. The molecular weight excluding hydrogens is 174 g/mol. The first-order valence-electron chi connectivity index (χ1n) is 6.11. The lowest BCUT2D eigenvalue weighted by atomic mass is 9.71. The van der Waals surface area contributed by atoms with Gasteiger partial charge in [-0.3, -0.25) is 0 Å². The Balaban J connectivity index is 1.96. The summed E-state index contributed by atoms with van der Waals surface area (Å²) in [5, 5.41) is 13.6. The highest BCUT2D eigenvalue weighted by atomic mass is 16.3. The van der Waals surface area contributed by atoms with Crippen molar-refractivity contribution in [3.63, 3.8) is 0 Å². The molecule has 2 N–H and O–H groups in total. The Hall–Kier alpha value is -0.0800. The second-order valence-corrected chi connectivity index (χ2v) is 5.43. The van der Waals surface area contributed by atoms with Crippen LogP contribution in [-0.4, -0.2) is 24.3 Å². The van der Waals surface area contributed by atoms with E-state index in [2.05, 4.69) is 12.2 Å². The average molecular weight is 197 g/mol. The highest BCUT2D eigenvalue weighted by Gasteiger charge is 2.39. The Morgan fingerprint density at radius 2 is 1.71 bits per heavy atom. The summed E-state index contributed by atoms with van der Waals surface area (Å²) in [5.41, 5.74) is 0.212. The van der Waals surface area contributed by atoms with E-state index in [0.717, 1.165) is 13.1 Å². The van der Waals surface area contributed by atoms with Gasteiger partial charge in [0.15, 0.2) is 0 Å². The predicted molar refractivity (Wildman–Crippen MR) is 58.2 cm³/mol. The molecule has 0 radical (unpaired) electrons. The SMILES string of the molecule is CC1(C(O)C2CNC2)CCCCCC1. The number of aliphatic hydroxyl groups excluding tert-OH is 1. The van der Waals surface area contributed by atoms with Crippen molar-refractivity contribution >= 4 is 0 Å². The second kappa shape index (κ2) is 4.19. The summed E-state index contributed by atoms with van der Waals surface area (Å²) in [6.45, 7) is 4.34. The van der Waals surface area contributed by atoms with Crippen LogP contribution in [-0.2, 0) is 0 Å². The Morgan fingerprint density at radius 3 is 2.14 bits per heavy atom. The fourth-order valence-electron chi connectivity index (χ4n) is 2.94. The maximum Gasteiger partial charge on any atom is 0.0646 e. The van der Waals surface area contributed by atoms with Gasteiger partial charge < -0.3 is 10.4 Å². The van der Waals surface area contributed by atoms with Gasteiger partial charge in [0.25, 0.3) is 0 Å². The molecule has 0 aromatic heterocycles. The van der Waals surface area contributed by atoms with Crippen molar-refractivity contribution in [2.24, 2.45) is 11.3 Å². The van der Waals surface area contributed by atoms with Crippen LogP contribution in [0.2, 0.25) is 0 Å². The first-order chi connectivity index (χ1) is 6.72. The van der Waals surface area contributed by atoms with Gasteiger partial charge in [-0.1, -0.05) is 32.6 Å². The van der Waals surface area contributed by atoms with Crippen LogP contribution in [0.3, 0.4) is 0 Å². The predicted octanol–water partition coefficient (Wildman–Crippen LogP) is 1.93. The van der Waals surface area contributed by atoms with Crippen LogP contribution in [0.5, 0.6) is 0 Å². The van der Waals surface area contributed by atoms with Crippen molar-refractivity contribution in [3.05, 3.63) is 0 Å². The lowest BCUT2D eigenvalue weighted by molar-refractivity contribution is -0.0346. The molecule has 2 heteroatoms. The quantitative estimate of drug-likeness (QED) is 0.663. The molecule has 1 saturated heterocycles. The van der Waals surface area contributed by atoms with Crippen molar-refractivity contribution in [1.29, 1.82) is 0 Å². The second-order valence-electron chi connectivity index (χ2n) is 5.43. The summed E-state index contributed by atoms with van der Waals surface area (Å²) in [7, 11) is 0. The monoisotopic (exact) mass is 197 g/mol. The minimum Gasteiger partial charge on any atom is -0.392 e. The van der Waals surface area contributed by atoms with Crippen LogP contribution < -0.4 is 5.32 Å². The first-order valence-corrected chi connectivity index (χ1v) is 6.11. The summed E-state index contributed by atoms with van der Waals surface area (Å²) in [6, 6.07) is 0. The zero-order valence-corrected chi connectivity index (χ0v) is 9.26. The highest BCUT2D eigenvalue weighted by molar-refractivity contribution is 4.92. The van der Waals surface area contributed by atoms with E-state index >= 15 is 0 Å². The average Bonchev–Trinajstić information content (AvgIpc) is 2.28. The molecule has 1 saturated carbocycles. The zero-order chi connectivity index (χ0) is 10.0. The molecular formula is C12H23NO. The van der Waals surface area contributed by atoms with Crippen molar-refractivity contribution in [1.82, 2.24) is 5.32 Å². The van der Waals surface area contributed by atoms with Crippen molar-refractivity contribution in [3.8, 4) is 0 Å². The zero-order valence-electron chi connectivity index (χ0n) is 9.26. The Labute approximate surface area is 87.1 Å². The maximum atomic E-state index is 10.3. The van der Waals surface area contributed by atoms with Crippen LogP contribution in [0.4, 0.5) is 0 Å². The fourth-order valence-corrected chi connectivity index (χ4v) is 2.94. The molecule has 2 fully saturated rings. The van der Waals surface area contributed by atoms with E-state index in [1.54, 1.807) is 0 Å². The summed E-state index contributed by atoms with van der Waals surface area (Å²) < 4.78 is 0. The summed E-state index contributed by atoms with van der Waals surface area (Å²) in [6.07, 6.45) is 7.74. The Bertz CT molecular complexity index is 181. The topological polar surface area (TPSA) is 32.3 Å². The van der Waals surface area contributed by atoms with Crippen LogP contribution in [0.25, 0.3) is 0 Å². The van der Waals surface area contributed by atoms with E-state index in [4.69, 9.17) is 0 Å². The van der Waals surface area contributed by atoms with Crippen LogP contribution in [0.1, 0.15) is 45.4 Å². The van der Waals surface area contributed by atoms with E-state index in [0.29, 0.717) is 5.92 Å². The molecule has 1 atom stereocenters. The molecule has 0 aromatic carbocycles. The molecule has 1 aliphatic carbocycles. The lowest BCUT2D eigenvalue weighted by Gasteiger charge is -2.42. The summed E-state index contributed by atoms with van der Waals surface area (Å²) in [4.78, 5) is 0. The minimum absolute atomic E-state index is 0.0677. The standard InChI is InChI=1S/C12H23NO/c1-12(6-4-2-3-5-7-12)11(14)10-8-13-9-10/h10-11,13-14H,2-9H2,1H3. The van der Waals surface area contributed by atoms with Gasteiger partial charge in [-0.2, -0.15) is 0 Å². The third-order valence-corrected chi connectivity index (χ3v) is 4.22. The van der Waals surface area contributed by atoms with Gasteiger partial charge in [0, 0.05) is 19.0 Å². The third kappa shape index (κ3) is 1.96. The highest BCUT2D eigenvalue weighted by Crippen LogP contribution is 2.40. The van der Waals surface area contributed by atoms with E-state index in [1.807, 2.05) is 0 Å². The molecule has 1 aliphatic heterocycles. The minimum atomic E-state index is -0.0677. The number of hydrogen-bond donors (Lipinski definition) is 2. The van der Waals surface area contributed by atoms with Crippen LogP contribution in [0.15, 0.2) is 0 Å². The van der Waals surface area contributed by atoms with Gasteiger partial charge in [0.2, 0.25) is 0 Å². The van der Waals surface area contributed by atoms with E-state index in [9.17, 15) is 5.11 Å². The molecule has 0 amide bonds. The third-order valence-electron chi connectivity index (χ3n) is 4.22. The normalized spacial score (nSPS) is 30.4. The van der Waals surface area contributed by atoms with E-state index in [-0.39, 0.29) is 11.5 Å². The van der Waals surface area contributed by atoms with Crippen molar-refractivity contribution in [2.45, 2.75) is 51.6 Å². The molecule has 2 nitrogen and oxygen atoms in total. The fraction of sp³-hybridized carbons (Fsp3) is 1.00.